The summed E-state index contributed by atoms with van der Waals surface area (Å²) in [7, 11) is 0. The summed E-state index contributed by atoms with van der Waals surface area (Å²) in [6.07, 6.45) is 3.63. The molecule has 0 heteroatoms. The summed E-state index contributed by atoms with van der Waals surface area (Å²) in [6.45, 7) is 2.32. The Labute approximate surface area is 123 Å². The molecular weight excluding hydrogens is 252 g/mol. The van der Waals surface area contributed by atoms with Gasteiger partial charge in [0.2, 0.25) is 0 Å². The molecule has 21 heavy (non-hydrogen) atoms. The number of benzene rings is 4. The Bertz CT molecular complexity index is 1060. The zero-order valence-electron chi connectivity index (χ0n) is 12.1. The highest BCUT2D eigenvalue weighted by Crippen LogP contribution is 2.34. The monoisotopic (exact) mass is 268 g/mol. The highest BCUT2D eigenvalue weighted by atomic mass is 14.2. The second kappa shape index (κ2) is 3.85. The van der Waals surface area contributed by atoms with E-state index in [1.54, 1.807) is 0 Å². The third-order valence-corrected chi connectivity index (χ3v) is 4.90. The minimum absolute atomic E-state index is 0.614. The van der Waals surface area contributed by atoms with Gasteiger partial charge in [0.1, 0.15) is 0 Å². The first-order valence-corrected chi connectivity index (χ1v) is 7.69. The molecule has 0 aromatic heterocycles. The quantitative estimate of drug-likeness (QED) is 0.316. The summed E-state index contributed by atoms with van der Waals surface area (Å²) in [6, 6.07) is 20.2. The SMILES string of the molecule is CC1C=c2c3cccc4cccc(c5cccc(c25)C1)c43. The van der Waals surface area contributed by atoms with E-state index in [2.05, 4.69) is 67.6 Å². The second-order valence-corrected chi connectivity index (χ2v) is 6.31. The smallest absolute Gasteiger partial charge is 0.00265 e. The van der Waals surface area contributed by atoms with Crippen LogP contribution in [0.25, 0.3) is 38.4 Å². The van der Waals surface area contributed by atoms with Crippen LogP contribution in [0.3, 0.4) is 0 Å². The van der Waals surface area contributed by atoms with Crippen LogP contribution in [0.5, 0.6) is 0 Å². The molecule has 1 aliphatic carbocycles. The molecule has 0 aliphatic heterocycles. The van der Waals surface area contributed by atoms with E-state index in [0.717, 1.165) is 6.42 Å². The summed E-state index contributed by atoms with van der Waals surface area (Å²) in [4.78, 5) is 0. The van der Waals surface area contributed by atoms with Crippen molar-refractivity contribution in [2.75, 3.05) is 0 Å². The Hall–Kier alpha value is -2.34. The maximum Gasteiger partial charge on any atom is -0.00265 e. The van der Waals surface area contributed by atoms with Gasteiger partial charge < -0.3 is 0 Å². The number of fused-ring (bicyclic) bond motifs is 2. The van der Waals surface area contributed by atoms with Crippen LogP contribution in [0, 0.1) is 5.92 Å². The van der Waals surface area contributed by atoms with Gasteiger partial charge in [0.25, 0.3) is 0 Å². The average molecular weight is 268 g/mol. The van der Waals surface area contributed by atoms with Gasteiger partial charge in [-0.2, -0.15) is 0 Å². The fraction of sp³-hybridized carbons (Fsp3) is 0.143. The standard InChI is InChI=1S/C21H16/c1-13-11-15-7-4-9-17-16-8-2-5-14-6-3-10-18(20(14)16)19(12-13)21(15)17/h2-10,12-13H,11H2,1H3. The molecule has 1 atom stereocenters. The largest absolute Gasteiger partial charge is 0.0728 e. The third kappa shape index (κ3) is 1.40. The summed E-state index contributed by atoms with van der Waals surface area (Å²) >= 11 is 0. The maximum absolute atomic E-state index is 2.47. The lowest BCUT2D eigenvalue weighted by atomic mass is 9.84. The molecule has 0 N–H and O–H groups in total. The van der Waals surface area contributed by atoms with Crippen molar-refractivity contribution < 1.29 is 0 Å². The molecule has 0 bridgehead atoms. The molecule has 1 unspecified atom stereocenters. The summed E-state index contributed by atoms with van der Waals surface area (Å²) in [5, 5.41) is 9.91. The van der Waals surface area contributed by atoms with E-state index in [9.17, 15) is 0 Å². The number of hydrogen-bond donors (Lipinski definition) is 0. The Morgan fingerprint density at radius 2 is 1.43 bits per heavy atom. The minimum atomic E-state index is 0.614. The lowest BCUT2D eigenvalue weighted by molar-refractivity contribution is 0.760. The first kappa shape index (κ1) is 11.3. The lowest BCUT2D eigenvalue weighted by Gasteiger charge is -2.20. The fourth-order valence-corrected chi connectivity index (χ4v) is 4.10. The van der Waals surface area contributed by atoms with E-state index < -0.39 is 0 Å². The summed E-state index contributed by atoms with van der Waals surface area (Å²) < 4.78 is 0. The van der Waals surface area contributed by atoms with E-state index in [0.29, 0.717) is 5.92 Å². The van der Waals surface area contributed by atoms with E-state index in [4.69, 9.17) is 0 Å². The predicted molar refractivity (Wildman–Crippen MR) is 91.5 cm³/mol. The molecule has 4 aromatic carbocycles. The first-order chi connectivity index (χ1) is 10.3. The van der Waals surface area contributed by atoms with Crippen LogP contribution in [0.1, 0.15) is 12.5 Å². The maximum atomic E-state index is 2.47. The molecular formula is C21H16. The first-order valence-electron chi connectivity index (χ1n) is 7.69. The van der Waals surface area contributed by atoms with Crippen molar-refractivity contribution in [2.24, 2.45) is 5.92 Å². The van der Waals surface area contributed by atoms with E-state index in [1.165, 1.54) is 43.1 Å². The van der Waals surface area contributed by atoms with Crippen LogP contribution < -0.4 is 5.22 Å². The van der Waals surface area contributed by atoms with Crippen LogP contribution in [-0.2, 0) is 6.42 Å². The topological polar surface area (TPSA) is 0 Å². The molecule has 0 saturated heterocycles. The Morgan fingerprint density at radius 3 is 2.24 bits per heavy atom. The van der Waals surface area contributed by atoms with Crippen molar-refractivity contribution in [1.82, 2.24) is 0 Å². The molecule has 5 rings (SSSR count). The van der Waals surface area contributed by atoms with E-state index in [1.807, 2.05) is 0 Å². The van der Waals surface area contributed by atoms with Crippen molar-refractivity contribution in [2.45, 2.75) is 13.3 Å². The van der Waals surface area contributed by atoms with Gasteiger partial charge in [0.05, 0.1) is 0 Å². The minimum Gasteiger partial charge on any atom is -0.0728 e. The van der Waals surface area contributed by atoms with E-state index in [-0.39, 0.29) is 0 Å². The van der Waals surface area contributed by atoms with Gasteiger partial charge >= 0.3 is 0 Å². The number of hydrogen-bond acceptors (Lipinski definition) is 0. The van der Waals surface area contributed by atoms with Gasteiger partial charge in [-0.15, -0.1) is 0 Å². The van der Waals surface area contributed by atoms with Crippen molar-refractivity contribution in [3.8, 4) is 0 Å². The van der Waals surface area contributed by atoms with E-state index >= 15 is 0 Å². The summed E-state index contributed by atoms with van der Waals surface area (Å²) in [5.41, 5.74) is 1.50. The van der Waals surface area contributed by atoms with Gasteiger partial charge in [-0.3, -0.25) is 0 Å². The van der Waals surface area contributed by atoms with Crippen LogP contribution in [0.4, 0.5) is 0 Å². The highest BCUT2D eigenvalue weighted by Gasteiger charge is 2.16. The lowest BCUT2D eigenvalue weighted by Crippen LogP contribution is -2.16. The zero-order chi connectivity index (χ0) is 14.0. The molecule has 0 saturated carbocycles. The Balaban J connectivity index is 2.25. The second-order valence-electron chi connectivity index (χ2n) is 6.31. The van der Waals surface area contributed by atoms with Crippen LogP contribution in [0.2, 0.25) is 0 Å². The molecule has 0 nitrogen and oxygen atoms in total. The molecule has 0 amide bonds. The predicted octanol–water partition coefficient (Wildman–Crippen LogP) is 4.84. The van der Waals surface area contributed by atoms with Crippen molar-refractivity contribution >= 4 is 38.4 Å². The van der Waals surface area contributed by atoms with Crippen molar-refractivity contribution in [3.63, 3.8) is 0 Å². The van der Waals surface area contributed by atoms with Gasteiger partial charge in [-0.1, -0.05) is 67.6 Å². The molecule has 4 aromatic rings. The van der Waals surface area contributed by atoms with Gasteiger partial charge in [0, 0.05) is 0 Å². The molecule has 0 fully saturated rings. The molecule has 0 heterocycles. The van der Waals surface area contributed by atoms with Crippen molar-refractivity contribution in [3.05, 3.63) is 65.4 Å². The average Bonchev–Trinajstić information content (AvgIpc) is 2.51. The molecule has 0 radical (unpaired) electrons. The summed E-state index contributed by atoms with van der Waals surface area (Å²) in [5.74, 6) is 0.614. The molecule has 1 aliphatic rings. The Morgan fingerprint density at radius 1 is 0.762 bits per heavy atom. The van der Waals surface area contributed by atoms with Crippen molar-refractivity contribution in [1.29, 1.82) is 0 Å². The fourth-order valence-electron chi connectivity index (χ4n) is 4.10. The highest BCUT2D eigenvalue weighted by molar-refractivity contribution is 6.22. The third-order valence-electron chi connectivity index (χ3n) is 4.90. The van der Waals surface area contributed by atoms with Gasteiger partial charge in [-0.05, 0) is 55.4 Å². The van der Waals surface area contributed by atoms with Gasteiger partial charge in [0.15, 0.2) is 0 Å². The van der Waals surface area contributed by atoms with Crippen LogP contribution in [0.15, 0.2) is 54.6 Å². The van der Waals surface area contributed by atoms with Gasteiger partial charge in [-0.25, -0.2) is 0 Å². The Kier molecular flexibility index (Phi) is 2.08. The normalized spacial score (nSPS) is 17.5. The molecule has 100 valence electrons. The van der Waals surface area contributed by atoms with Crippen LogP contribution in [-0.4, -0.2) is 0 Å². The molecule has 0 spiro atoms. The number of rotatable bonds is 0. The van der Waals surface area contributed by atoms with Crippen LogP contribution >= 0.6 is 0 Å². The zero-order valence-corrected chi connectivity index (χ0v) is 12.1.